The van der Waals surface area contributed by atoms with E-state index in [2.05, 4.69) is 15.0 Å². The van der Waals surface area contributed by atoms with E-state index in [1.165, 1.54) is 0 Å². The average molecular weight is 238 g/mol. The molecule has 0 amide bonds. The molecule has 3 rings (SSSR count). The third-order valence-electron chi connectivity index (χ3n) is 2.46. The van der Waals surface area contributed by atoms with Gasteiger partial charge in [-0.05, 0) is 12.1 Å². The van der Waals surface area contributed by atoms with E-state index in [0.717, 1.165) is 10.9 Å². The Hall–Kier alpha value is -2.69. The fraction of sp³-hybridized carbons (Fsp3) is 0. The molecule has 0 saturated heterocycles. The summed E-state index contributed by atoms with van der Waals surface area (Å²) < 4.78 is 5.68. The molecule has 88 valence electrons. The summed E-state index contributed by atoms with van der Waals surface area (Å²) in [6.07, 6.45) is 3.28. The summed E-state index contributed by atoms with van der Waals surface area (Å²) in [5, 5.41) is 1.01. The van der Waals surface area contributed by atoms with E-state index in [1.807, 2.05) is 30.3 Å². The molecule has 0 bridgehead atoms. The summed E-state index contributed by atoms with van der Waals surface area (Å²) in [5.41, 5.74) is 6.30. The van der Waals surface area contributed by atoms with Crippen LogP contribution in [0.1, 0.15) is 0 Å². The van der Waals surface area contributed by atoms with Gasteiger partial charge in [0.1, 0.15) is 5.52 Å². The van der Waals surface area contributed by atoms with Crippen molar-refractivity contribution in [1.82, 2.24) is 15.0 Å². The lowest BCUT2D eigenvalue weighted by molar-refractivity contribution is 0.467. The number of nitrogens with two attached hydrogens (primary N) is 1. The van der Waals surface area contributed by atoms with Crippen LogP contribution in [0.5, 0.6) is 11.6 Å². The highest BCUT2D eigenvalue weighted by Crippen LogP contribution is 2.27. The standard InChI is InChI=1S/C13H10N4O/c14-13-16-8-6-11(17-13)18-10-5-1-3-9-4-2-7-15-12(9)10/h1-8H,(H2,14,16,17). The van der Waals surface area contributed by atoms with Crippen LogP contribution in [-0.4, -0.2) is 15.0 Å². The molecule has 18 heavy (non-hydrogen) atoms. The zero-order chi connectivity index (χ0) is 12.4. The number of benzene rings is 1. The molecule has 0 saturated carbocycles. The molecule has 0 aliphatic carbocycles. The average Bonchev–Trinajstić information content (AvgIpc) is 2.39. The Kier molecular flexibility index (Phi) is 2.49. The van der Waals surface area contributed by atoms with Crippen molar-refractivity contribution >= 4 is 16.9 Å². The van der Waals surface area contributed by atoms with Gasteiger partial charge in [-0.15, -0.1) is 0 Å². The van der Waals surface area contributed by atoms with E-state index in [-0.39, 0.29) is 5.95 Å². The van der Waals surface area contributed by atoms with Gasteiger partial charge < -0.3 is 10.5 Å². The lowest BCUT2D eigenvalue weighted by Gasteiger charge is -2.07. The van der Waals surface area contributed by atoms with Crippen LogP contribution >= 0.6 is 0 Å². The quantitative estimate of drug-likeness (QED) is 0.742. The molecule has 2 heterocycles. The Bertz CT molecular complexity index is 694. The molecule has 3 aromatic rings. The van der Waals surface area contributed by atoms with Gasteiger partial charge in [-0.1, -0.05) is 18.2 Å². The number of hydrogen-bond donors (Lipinski definition) is 1. The summed E-state index contributed by atoms with van der Waals surface area (Å²) in [4.78, 5) is 12.1. The molecule has 0 fully saturated rings. The van der Waals surface area contributed by atoms with E-state index in [9.17, 15) is 0 Å². The maximum atomic E-state index is 5.68. The highest BCUT2D eigenvalue weighted by atomic mass is 16.5. The number of aromatic nitrogens is 3. The lowest BCUT2D eigenvalue weighted by Crippen LogP contribution is -1.96. The Morgan fingerprint density at radius 2 is 1.83 bits per heavy atom. The second-order valence-electron chi connectivity index (χ2n) is 3.69. The minimum absolute atomic E-state index is 0.181. The van der Waals surface area contributed by atoms with E-state index >= 15 is 0 Å². The van der Waals surface area contributed by atoms with Gasteiger partial charge in [0.2, 0.25) is 11.8 Å². The van der Waals surface area contributed by atoms with Crippen molar-refractivity contribution < 1.29 is 4.74 Å². The SMILES string of the molecule is Nc1nccc(Oc2cccc3cccnc23)n1. The first-order valence-corrected chi connectivity index (χ1v) is 5.43. The fourth-order valence-corrected chi connectivity index (χ4v) is 1.68. The summed E-state index contributed by atoms with van der Waals surface area (Å²) in [6, 6.07) is 11.2. The van der Waals surface area contributed by atoms with Gasteiger partial charge in [0, 0.05) is 23.8 Å². The Labute approximate surface area is 103 Å². The Morgan fingerprint density at radius 3 is 2.72 bits per heavy atom. The minimum atomic E-state index is 0.181. The first-order chi connectivity index (χ1) is 8.83. The summed E-state index contributed by atoms with van der Waals surface area (Å²) >= 11 is 0. The molecule has 0 aliphatic heterocycles. The van der Waals surface area contributed by atoms with Crippen LogP contribution in [0, 0.1) is 0 Å². The van der Waals surface area contributed by atoms with Crippen molar-refractivity contribution in [1.29, 1.82) is 0 Å². The maximum Gasteiger partial charge on any atom is 0.224 e. The molecule has 5 heteroatoms. The first kappa shape index (κ1) is 10.5. The van der Waals surface area contributed by atoms with Crippen molar-refractivity contribution in [2.75, 3.05) is 5.73 Å². The number of pyridine rings is 1. The van der Waals surface area contributed by atoms with Crippen molar-refractivity contribution in [3.8, 4) is 11.6 Å². The van der Waals surface area contributed by atoms with Gasteiger partial charge in [-0.25, -0.2) is 4.98 Å². The number of anilines is 1. The number of rotatable bonds is 2. The van der Waals surface area contributed by atoms with Crippen LogP contribution in [0.25, 0.3) is 10.9 Å². The smallest absolute Gasteiger partial charge is 0.224 e. The van der Waals surface area contributed by atoms with Crippen LogP contribution in [0.3, 0.4) is 0 Å². The summed E-state index contributed by atoms with van der Waals surface area (Å²) in [5.74, 6) is 1.23. The normalized spacial score (nSPS) is 10.4. The minimum Gasteiger partial charge on any atom is -0.437 e. The predicted molar refractivity (Wildman–Crippen MR) is 68.3 cm³/mol. The molecule has 1 aromatic carbocycles. The van der Waals surface area contributed by atoms with Gasteiger partial charge in [0.15, 0.2) is 5.75 Å². The van der Waals surface area contributed by atoms with E-state index in [4.69, 9.17) is 10.5 Å². The van der Waals surface area contributed by atoms with Crippen molar-refractivity contribution in [3.63, 3.8) is 0 Å². The second-order valence-corrected chi connectivity index (χ2v) is 3.69. The van der Waals surface area contributed by atoms with Crippen LogP contribution in [0.2, 0.25) is 0 Å². The predicted octanol–water partition coefficient (Wildman–Crippen LogP) is 2.40. The van der Waals surface area contributed by atoms with Crippen LogP contribution in [0.15, 0.2) is 48.8 Å². The van der Waals surface area contributed by atoms with Gasteiger partial charge in [0.05, 0.1) is 0 Å². The molecule has 0 unspecified atom stereocenters. The van der Waals surface area contributed by atoms with Gasteiger partial charge in [-0.2, -0.15) is 4.98 Å². The molecule has 2 N–H and O–H groups in total. The van der Waals surface area contributed by atoms with Gasteiger partial charge in [0.25, 0.3) is 0 Å². The maximum absolute atomic E-state index is 5.68. The molecule has 2 aromatic heterocycles. The molecular weight excluding hydrogens is 228 g/mol. The van der Waals surface area contributed by atoms with Crippen molar-refractivity contribution in [2.24, 2.45) is 0 Å². The van der Waals surface area contributed by atoms with Gasteiger partial charge >= 0.3 is 0 Å². The van der Waals surface area contributed by atoms with Crippen LogP contribution < -0.4 is 10.5 Å². The zero-order valence-corrected chi connectivity index (χ0v) is 9.45. The van der Waals surface area contributed by atoms with Crippen LogP contribution in [-0.2, 0) is 0 Å². The number of nitrogens with zero attached hydrogens (tertiary/aromatic N) is 3. The van der Waals surface area contributed by atoms with Crippen molar-refractivity contribution in [3.05, 3.63) is 48.8 Å². The van der Waals surface area contributed by atoms with Crippen molar-refractivity contribution in [2.45, 2.75) is 0 Å². The number of fused-ring (bicyclic) bond motifs is 1. The third-order valence-corrected chi connectivity index (χ3v) is 2.46. The molecule has 5 nitrogen and oxygen atoms in total. The molecule has 0 atom stereocenters. The molecular formula is C13H10N4O. The van der Waals surface area contributed by atoms with E-state index in [1.54, 1.807) is 18.5 Å². The van der Waals surface area contributed by atoms with E-state index < -0.39 is 0 Å². The Morgan fingerprint density at radius 1 is 0.944 bits per heavy atom. The highest BCUT2D eigenvalue weighted by Gasteiger charge is 2.05. The summed E-state index contributed by atoms with van der Waals surface area (Å²) in [7, 11) is 0. The van der Waals surface area contributed by atoms with E-state index in [0.29, 0.717) is 11.6 Å². The third kappa shape index (κ3) is 1.93. The summed E-state index contributed by atoms with van der Waals surface area (Å²) in [6.45, 7) is 0. The second kappa shape index (κ2) is 4.29. The number of para-hydroxylation sites is 1. The molecule has 0 aliphatic rings. The van der Waals surface area contributed by atoms with Gasteiger partial charge in [-0.3, -0.25) is 4.98 Å². The largest absolute Gasteiger partial charge is 0.437 e. The number of ether oxygens (including phenoxy) is 1. The number of nitrogen functional groups attached to an aromatic ring is 1. The topological polar surface area (TPSA) is 73.9 Å². The first-order valence-electron chi connectivity index (χ1n) is 5.43. The fourth-order valence-electron chi connectivity index (χ4n) is 1.68. The lowest BCUT2D eigenvalue weighted by atomic mass is 10.2. The molecule has 0 radical (unpaired) electrons. The monoisotopic (exact) mass is 238 g/mol. The zero-order valence-electron chi connectivity index (χ0n) is 9.45. The molecule has 0 spiro atoms. The Balaban J connectivity index is 2.05. The van der Waals surface area contributed by atoms with Crippen LogP contribution in [0.4, 0.5) is 5.95 Å². The highest BCUT2D eigenvalue weighted by molar-refractivity contribution is 5.84. The number of hydrogen-bond acceptors (Lipinski definition) is 5.